The van der Waals surface area contributed by atoms with Crippen molar-refractivity contribution < 1.29 is 9.90 Å². The zero-order valence-corrected chi connectivity index (χ0v) is 15.9. The number of fused-ring (bicyclic) bond motifs is 1. The summed E-state index contributed by atoms with van der Waals surface area (Å²) in [6.07, 6.45) is 2.42. The topological polar surface area (TPSA) is 81.2 Å². The first kappa shape index (κ1) is 18.7. The van der Waals surface area contributed by atoms with Crippen molar-refractivity contribution in [2.45, 2.75) is 25.4 Å². The number of aromatic nitrogens is 2. The number of nitrogens with zero attached hydrogens (tertiary/aromatic N) is 2. The van der Waals surface area contributed by atoms with Gasteiger partial charge in [-0.25, -0.2) is 4.98 Å². The highest BCUT2D eigenvalue weighted by Gasteiger charge is 2.21. The molecule has 2 aromatic carbocycles. The van der Waals surface area contributed by atoms with Crippen molar-refractivity contribution in [3.63, 3.8) is 0 Å². The maximum absolute atomic E-state index is 12.5. The first-order valence-electron chi connectivity index (χ1n) is 9.88. The van der Waals surface area contributed by atoms with E-state index in [-0.39, 0.29) is 12.5 Å². The molecular weight excluding hydrogens is 352 g/mol. The van der Waals surface area contributed by atoms with E-state index < -0.39 is 0 Å². The summed E-state index contributed by atoms with van der Waals surface area (Å²) >= 11 is 0. The second-order valence-corrected chi connectivity index (χ2v) is 7.38. The Labute approximate surface area is 164 Å². The predicted molar refractivity (Wildman–Crippen MR) is 109 cm³/mol. The van der Waals surface area contributed by atoms with E-state index in [1.165, 1.54) is 18.4 Å². The summed E-state index contributed by atoms with van der Waals surface area (Å²) in [5.74, 6) is 0.999. The van der Waals surface area contributed by atoms with Crippen molar-refractivity contribution in [1.82, 2.24) is 20.2 Å². The van der Waals surface area contributed by atoms with Crippen LogP contribution in [0.25, 0.3) is 11.0 Å². The van der Waals surface area contributed by atoms with Gasteiger partial charge in [-0.3, -0.25) is 4.79 Å². The van der Waals surface area contributed by atoms with Crippen molar-refractivity contribution in [3.8, 4) is 0 Å². The van der Waals surface area contributed by atoms with Gasteiger partial charge in [-0.1, -0.05) is 30.3 Å². The zero-order valence-electron chi connectivity index (χ0n) is 15.9. The Kier molecular flexibility index (Phi) is 5.69. The Bertz CT molecular complexity index is 938. The molecule has 28 heavy (non-hydrogen) atoms. The molecular formula is C22H26N4O2. The monoisotopic (exact) mass is 378 g/mol. The van der Waals surface area contributed by atoms with Gasteiger partial charge in [0.1, 0.15) is 12.4 Å². The molecule has 0 aliphatic carbocycles. The van der Waals surface area contributed by atoms with Crippen molar-refractivity contribution in [2.75, 3.05) is 26.2 Å². The summed E-state index contributed by atoms with van der Waals surface area (Å²) in [5.41, 5.74) is 3.52. The van der Waals surface area contributed by atoms with E-state index >= 15 is 0 Å². The standard InChI is InChI=1S/C22H26N4O2/c27-15-21-24-19-9-8-17(13-20(19)25-21)22(28)23-10-12-26-11-4-7-18(14-26)16-5-2-1-3-6-16/h1-3,5-6,8-9,13,18,27H,4,7,10-12,14-15H2,(H,23,28)(H,24,25)/t18-/m1/s1. The lowest BCUT2D eigenvalue weighted by atomic mass is 9.91. The number of nitrogens with one attached hydrogen (secondary N) is 2. The van der Waals surface area contributed by atoms with Crippen molar-refractivity contribution in [2.24, 2.45) is 0 Å². The second kappa shape index (κ2) is 8.54. The van der Waals surface area contributed by atoms with E-state index in [9.17, 15) is 9.90 Å². The third-order valence-electron chi connectivity index (χ3n) is 5.43. The Hall–Kier alpha value is -2.70. The van der Waals surface area contributed by atoms with Crippen LogP contribution in [0.15, 0.2) is 48.5 Å². The van der Waals surface area contributed by atoms with Gasteiger partial charge in [-0.05, 0) is 49.1 Å². The minimum absolute atomic E-state index is 0.0846. The van der Waals surface area contributed by atoms with Crippen LogP contribution < -0.4 is 5.32 Å². The second-order valence-electron chi connectivity index (χ2n) is 7.38. The number of benzene rings is 2. The summed E-state index contributed by atoms with van der Waals surface area (Å²) in [6.45, 7) is 3.47. The summed E-state index contributed by atoms with van der Waals surface area (Å²) in [7, 11) is 0. The maximum atomic E-state index is 12.5. The van der Waals surface area contributed by atoms with Crippen LogP contribution in [-0.2, 0) is 6.61 Å². The minimum Gasteiger partial charge on any atom is -0.388 e. The number of H-pyrrole nitrogens is 1. The van der Waals surface area contributed by atoms with Crippen LogP contribution in [0.1, 0.15) is 40.5 Å². The largest absolute Gasteiger partial charge is 0.388 e. The third-order valence-corrected chi connectivity index (χ3v) is 5.43. The Morgan fingerprint density at radius 2 is 2.11 bits per heavy atom. The normalized spacial score (nSPS) is 17.7. The highest BCUT2D eigenvalue weighted by molar-refractivity contribution is 5.97. The summed E-state index contributed by atoms with van der Waals surface area (Å²) in [6, 6.07) is 16.0. The van der Waals surface area contributed by atoms with Gasteiger partial charge >= 0.3 is 0 Å². The number of rotatable bonds is 6. The van der Waals surface area contributed by atoms with Crippen LogP contribution in [0, 0.1) is 0 Å². The Balaban J connectivity index is 1.30. The molecule has 1 fully saturated rings. The molecule has 0 radical (unpaired) electrons. The van der Waals surface area contributed by atoms with Gasteiger partial charge in [0.15, 0.2) is 0 Å². The number of piperidine rings is 1. The summed E-state index contributed by atoms with van der Waals surface area (Å²) < 4.78 is 0. The number of aliphatic hydroxyl groups excluding tert-OH is 1. The molecule has 1 aliphatic heterocycles. The first-order valence-corrected chi connectivity index (χ1v) is 9.88. The van der Waals surface area contributed by atoms with Gasteiger partial charge in [-0.2, -0.15) is 0 Å². The lowest BCUT2D eigenvalue weighted by Gasteiger charge is -2.33. The molecule has 3 N–H and O–H groups in total. The molecule has 0 spiro atoms. The zero-order chi connectivity index (χ0) is 19.3. The van der Waals surface area contributed by atoms with E-state index in [4.69, 9.17) is 0 Å². The molecule has 3 aromatic rings. The molecule has 1 aliphatic rings. The fourth-order valence-electron chi connectivity index (χ4n) is 3.96. The maximum Gasteiger partial charge on any atom is 0.251 e. The SMILES string of the molecule is O=C(NCCN1CCC[C@@H](c2ccccc2)C1)c1ccc2nc(CO)[nH]c2c1. The Morgan fingerprint density at radius 1 is 1.25 bits per heavy atom. The van der Waals surface area contributed by atoms with Crippen LogP contribution in [0.3, 0.4) is 0 Å². The molecule has 6 nitrogen and oxygen atoms in total. The number of imidazole rings is 1. The molecule has 1 aromatic heterocycles. The molecule has 0 bridgehead atoms. The molecule has 2 heterocycles. The van der Waals surface area contributed by atoms with Gasteiger partial charge in [0.25, 0.3) is 5.91 Å². The smallest absolute Gasteiger partial charge is 0.251 e. The highest BCUT2D eigenvalue weighted by Crippen LogP contribution is 2.26. The fourth-order valence-corrected chi connectivity index (χ4v) is 3.96. The number of aliphatic hydroxyl groups is 1. The van der Waals surface area contributed by atoms with Gasteiger partial charge in [0.2, 0.25) is 0 Å². The fraction of sp³-hybridized carbons (Fsp3) is 0.364. The average molecular weight is 378 g/mol. The molecule has 1 amide bonds. The van der Waals surface area contributed by atoms with Crippen LogP contribution in [0.2, 0.25) is 0 Å². The molecule has 146 valence electrons. The van der Waals surface area contributed by atoms with Gasteiger partial charge < -0.3 is 20.3 Å². The Morgan fingerprint density at radius 3 is 2.93 bits per heavy atom. The van der Waals surface area contributed by atoms with Gasteiger partial charge in [0.05, 0.1) is 11.0 Å². The van der Waals surface area contributed by atoms with Crippen LogP contribution in [-0.4, -0.2) is 52.1 Å². The third kappa shape index (κ3) is 4.24. The predicted octanol–water partition coefficient (Wildman–Crippen LogP) is 2.66. The van der Waals surface area contributed by atoms with E-state index in [0.717, 1.165) is 30.7 Å². The van der Waals surface area contributed by atoms with Gasteiger partial charge in [0, 0.05) is 25.2 Å². The number of hydrogen-bond acceptors (Lipinski definition) is 4. The van der Waals surface area contributed by atoms with E-state index in [1.54, 1.807) is 18.2 Å². The average Bonchev–Trinajstić information content (AvgIpc) is 3.17. The van der Waals surface area contributed by atoms with Crippen LogP contribution >= 0.6 is 0 Å². The lowest BCUT2D eigenvalue weighted by Crippen LogP contribution is -2.40. The molecule has 1 saturated heterocycles. The quantitative estimate of drug-likeness (QED) is 0.616. The number of aromatic amines is 1. The van der Waals surface area contributed by atoms with E-state index in [0.29, 0.717) is 23.9 Å². The van der Waals surface area contributed by atoms with E-state index in [1.807, 2.05) is 0 Å². The number of amides is 1. The molecule has 0 saturated carbocycles. The number of carbonyl (C=O) groups excluding carboxylic acids is 1. The van der Waals surface area contributed by atoms with Crippen molar-refractivity contribution in [1.29, 1.82) is 0 Å². The number of hydrogen-bond donors (Lipinski definition) is 3. The molecule has 1 atom stereocenters. The molecule has 0 unspecified atom stereocenters. The first-order chi connectivity index (χ1) is 13.7. The highest BCUT2D eigenvalue weighted by atomic mass is 16.3. The van der Waals surface area contributed by atoms with Crippen LogP contribution in [0.4, 0.5) is 0 Å². The summed E-state index contributed by atoms with van der Waals surface area (Å²) in [4.78, 5) is 22.2. The number of likely N-dealkylation sites (tertiary alicyclic amines) is 1. The lowest BCUT2D eigenvalue weighted by molar-refractivity contribution is 0.0945. The molecule has 4 rings (SSSR count). The number of carbonyl (C=O) groups is 1. The molecule has 6 heteroatoms. The van der Waals surface area contributed by atoms with Gasteiger partial charge in [-0.15, -0.1) is 0 Å². The van der Waals surface area contributed by atoms with Crippen molar-refractivity contribution >= 4 is 16.9 Å². The van der Waals surface area contributed by atoms with Crippen molar-refractivity contribution in [3.05, 3.63) is 65.5 Å². The summed E-state index contributed by atoms with van der Waals surface area (Å²) in [5, 5.41) is 12.2. The minimum atomic E-state index is -0.143. The van der Waals surface area contributed by atoms with Crippen LogP contribution in [0.5, 0.6) is 0 Å². The van der Waals surface area contributed by atoms with E-state index in [2.05, 4.69) is 50.5 Å².